The Morgan fingerprint density at radius 3 is 2.88 bits per heavy atom. The summed E-state index contributed by atoms with van der Waals surface area (Å²) in [6, 6.07) is 0. The molecule has 0 fully saturated rings. The maximum atomic E-state index is 8.94. The van der Waals surface area contributed by atoms with Crippen molar-refractivity contribution in [2.45, 2.75) is 6.92 Å². The normalized spacial score (nSPS) is 25.6. The first-order valence-electron chi connectivity index (χ1n) is 2.62. The van der Waals surface area contributed by atoms with E-state index in [-0.39, 0.29) is 5.92 Å². The molecule has 0 amide bonds. The molecule has 0 aromatic carbocycles. The van der Waals surface area contributed by atoms with Gasteiger partial charge in [-0.25, -0.2) is 0 Å². The predicted molar refractivity (Wildman–Crippen MR) is 32.5 cm³/mol. The Labute approximate surface area is 48.6 Å². The fraction of sp³-hybridized carbons (Fsp3) is 0.286. The zero-order valence-corrected chi connectivity index (χ0v) is 4.76. The lowest BCUT2D eigenvalue weighted by molar-refractivity contribution is 0.364. The van der Waals surface area contributed by atoms with Crippen molar-refractivity contribution in [1.29, 1.82) is 0 Å². The van der Waals surface area contributed by atoms with E-state index in [0.717, 1.165) is 0 Å². The van der Waals surface area contributed by atoms with Gasteiger partial charge in [0, 0.05) is 5.92 Å². The van der Waals surface area contributed by atoms with E-state index in [9.17, 15) is 0 Å². The van der Waals surface area contributed by atoms with Gasteiger partial charge in [0.2, 0.25) is 0 Å². The Hall–Kier alpha value is -0.940. The molecule has 0 radical (unpaired) electrons. The Morgan fingerprint density at radius 1 is 1.75 bits per heavy atom. The number of aliphatic hydroxyl groups excluding tert-OH is 1. The second kappa shape index (κ2) is 1.89. The highest BCUT2D eigenvalue weighted by molar-refractivity contribution is 5.17. The lowest BCUT2D eigenvalue weighted by Crippen LogP contribution is -1.94. The van der Waals surface area contributed by atoms with E-state index in [1.165, 1.54) is 0 Å². The smallest absolute Gasteiger partial charge is 0.100 e. The van der Waals surface area contributed by atoms with Gasteiger partial charge in [0.25, 0.3) is 0 Å². The van der Waals surface area contributed by atoms with E-state index >= 15 is 0 Å². The van der Waals surface area contributed by atoms with E-state index < -0.39 is 0 Å². The van der Waals surface area contributed by atoms with Crippen LogP contribution in [0.4, 0.5) is 0 Å². The molecule has 1 aliphatic rings. The Bertz CT molecular complexity index is 171. The minimum absolute atomic E-state index is 0.153. The van der Waals surface area contributed by atoms with E-state index in [1.807, 2.05) is 13.0 Å². The SMILES string of the molecule is CC1C=C=CC=C1O. The molecular formula is C7H8O. The lowest BCUT2D eigenvalue weighted by atomic mass is 10.1. The minimum atomic E-state index is 0.153. The molecule has 0 saturated heterocycles. The standard InChI is InChI=1S/C7H8O/c1-6-4-2-3-5-7(6)8/h3-6,8H,1H3. The molecule has 1 atom stereocenters. The molecule has 1 heteroatoms. The van der Waals surface area contributed by atoms with Crippen LogP contribution in [0.5, 0.6) is 0 Å². The van der Waals surface area contributed by atoms with Crippen molar-refractivity contribution < 1.29 is 5.11 Å². The first kappa shape index (κ1) is 5.20. The molecule has 42 valence electrons. The highest BCUT2D eigenvalue weighted by Gasteiger charge is 2.01. The van der Waals surface area contributed by atoms with Crippen molar-refractivity contribution in [3.8, 4) is 0 Å². The lowest BCUT2D eigenvalue weighted by Gasteiger charge is -2.03. The molecule has 1 aliphatic carbocycles. The summed E-state index contributed by atoms with van der Waals surface area (Å²) in [6.07, 6.45) is 5.19. The van der Waals surface area contributed by atoms with E-state index in [1.54, 1.807) is 12.2 Å². The Morgan fingerprint density at radius 2 is 2.50 bits per heavy atom. The first-order chi connectivity index (χ1) is 3.80. The maximum Gasteiger partial charge on any atom is 0.100 e. The molecule has 0 heterocycles. The predicted octanol–water partition coefficient (Wildman–Crippen LogP) is 1.79. The zero-order valence-electron chi connectivity index (χ0n) is 4.76. The van der Waals surface area contributed by atoms with Gasteiger partial charge in [-0.15, -0.1) is 5.73 Å². The van der Waals surface area contributed by atoms with Crippen LogP contribution < -0.4 is 0 Å². The Kier molecular flexibility index (Phi) is 1.23. The molecule has 8 heavy (non-hydrogen) atoms. The maximum absolute atomic E-state index is 8.94. The molecule has 0 aromatic rings. The van der Waals surface area contributed by atoms with Crippen LogP contribution in [0.2, 0.25) is 0 Å². The summed E-state index contributed by atoms with van der Waals surface area (Å²) in [5.41, 5.74) is 2.88. The van der Waals surface area contributed by atoms with Gasteiger partial charge in [-0.05, 0) is 18.2 Å². The number of rotatable bonds is 0. The average Bonchev–Trinajstić information content (AvgIpc) is 1.77. The summed E-state index contributed by atoms with van der Waals surface area (Å²) in [6.45, 7) is 1.92. The van der Waals surface area contributed by atoms with Gasteiger partial charge >= 0.3 is 0 Å². The molecule has 0 spiro atoms. The second-order valence-corrected chi connectivity index (χ2v) is 1.88. The van der Waals surface area contributed by atoms with Gasteiger partial charge in [0.15, 0.2) is 0 Å². The summed E-state index contributed by atoms with van der Waals surface area (Å²) in [5, 5.41) is 8.94. The molecule has 0 aromatic heterocycles. The van der Waals surface area contributed by atoms with E-state index in [4.69, 9.17) is 5.11 Å². The van der Waals surface area contributed by atoms with E-state index in [2.05, 4.69) is 5.73 Å². The van der Waals surface area contributed by atoms with Crippen LogP contribution in [0.3, 0.4) is 0 Å². The van der Waals surface area contributed by atoms with Gasteiger partial charge in [0.1, 0.15) is 5.76 Å². The van der Waals surface area contributed by atoms with Gasteiger partial charge < -0.3 is 5.11 Å². The third kappa shape index (κ3) is 0.824. The summed E-state index contributed by atoms with van der Waals surface area (Å²) >= 11 is 0. The fourth-order valence-corrected chi connectivity index (χ4v) is 0.571. The minimum Gasteiger partial charge on any atom is -0.512 e. The van der Waals surface area contributed by atoms with Crippen LogP contribution in [0, 0.1) is 5.92 Å². The van der Waals surface area contributed by atoms with Crippen molar-refractivity contribution in [3.63, 3.8) is 0 Å². The number of hydrogen-bond acceptors (Lipinski definition) is 1. The highest BCUT2D eigenvalue weighted by atomic mass is 16.3. The third-order valence-corrected chi connectivity index (χ3v) is 1.16. The fourth-order valence-electron chi connectivity index (χ4n) is 0.571. The molecule has 1 unspecified atom stereocenters. The van der Waals surface area contributed by atoms with Crippen molar-refractivity contribution in [3.05, 3.63) is 29.7 Å². The number of aliphatic hydroxyl groups is 1. The molecule has 1 N–H and O–H groups in total. The second-order valence-electron chi connectivity index (χ2n) is 1.88. The first-order valence-corrected chi connectivity index (χ1v) is 2.62. The zero-order chi connectivity index (χ0) is 5.98. The largest absolute Gasteiger partial charge is 0.512 e. The summed E-state index contributed by atoms with van der Waals surface area (Å²) < 4.78 is 0. The molecular weight excluding hydrogens is 100 g/mol. The highest BCUT2D eigenvalue weighted by Crippen LogP contribution is 2.10. The third-order valence-electron chi connectivity index (χ3n) is 1.16. The molecule has 0 aliphatic heterocycles. The van der Waals surface area contributed by atoms with Crippen LogP contribution in [-0.2, 0) is 0 Å². The van der Waals surface area contributed by atoms with Gasteiger partial charge in [-0.3, -0.25) is 0 Å². The van der Waals surface area contributed by atoms with Crippen LogP contribution in [0.25, 0.3) is 0 Å². The van der Waals surface area contributed by atoms with Gasteiger partial charge in [-0.1, -0.05) is 6.92 Å². The van der Waals surface area contributed by atoms with Crippen molar-refractivity contribution in [1.82, 2.24) is 0 Å². The molecule has 0 bridgehead atoms. The van der Waals surface area contributed by atoms with Crippen LogP contribution in [0.1, 0.15) is 6.92 Å². The quantitative estimate of drug-likeness (QED) is 0.469. The molecule has 0 saturated carbocycles. The molecule has 1 rings (SSSR count). The van der Waals surface area contributed by atoms with Crippen LogP contribution >= 0.6 is 0 Å². The van der Waals surface area contributed by atoms with E-state index in [0.29, 0.717) is 5.76 Å². The van der Waals surface area contributed by atoms with Gasteiger partial charge in [-0.2, -0.15) is 0 Å². The topological polar surface area (TPSA) is 20.2 Å². The Balaban J connectivity index is 2.86. The van der Waals surface area contributed by atoms with Crippen LogP contribution in [-0.4, -0.2) is 5.11 Å². The average molecular weight is 108 g/mol. The van der Waals surface area contributed by atoms with Crippen molar-refractivity contribution in [2.24, 2.45) is 5.92 Å². The monoisotopic (exact) mass is 108 g/mol. The summed E-state index contributed by atoms with van der Waals surface area (Å²) in [5.74, 6) is 0.573. The van der Waals surface area contributed by atoms with Gasteiger partial charge in [0.05, 0.1) is 0 Å². The van der Waals surface area contributed by atoms with Crippen LogP contribution in [0.15, 0.2) is 29.7 Å². The number of hydrogen-bond donors (Lipinski definition) is 1. The van der Waals surface area contributed by atoms with Crippen molar-refractivity contribution >= 4 is 0 Å². The van der Waals surface area contributed by atoms with Crippen molar-refractivity contribution in [2.75, 3.05) is 0 Å². The number of allylic oxidation sites excluding steroid dienone is 2. The molecule has 1 nitrogen and oxygen atoms in total. The summed E-state index contributed by atoms with van der Waals surface area (Å²) in [4.78, 5) is 0. The summed E-state index contributed by atoms with van der Waals surface area (Å²) in [7, 11) is 0.